The Morgan fingerprint density at radius 1 is 1.43 bits per heavy atom. The summed E-state index contributed by atoms with van der Waals surface area (Å²) >= 11 is 6.02. The van der Waals surface area contributed by atoms with Gasteiger partial charge in [-0.2, -0.15) is 0 Å². The van der Waals surface area contributed by atoms with Gasteiger partial charge in [0.25, 0.3) is 0 Å². The molecule has 1 N–H and O–H groups in total. The third-order valence-corrected chi connectivity index (χ3v) is 2.85. The molecule has 2 nitrogen and oxygen atoms in total. The number of nitrogens with zero attached hydrogens (tertiary/aromatic N) is 1. The van der Waals surface area contributed by atoms with Crippen LogP contribution in [-0.4, -0.2) is 20.1 Å². The van der Waals surface area contributed by atoms with Gasteiger partial charge in [-0.25, -0.2) is 0 Å². The van der Waals surface area contributed by atoms with Crippen LogP contribution in [0.5, 0.6) is 0 Å². The van der Waals surface area contributed by atoms with Crippen LogP contribution in [0.15, 0.2) is 12.1 Å². The number of anilines is 2. The Kier molecular flexibility index (Phi) is 2.55. The zero-order valence-electron chi connectivity index (χ0n) is 8.60. The molecular formula is C11H15ClN2. The number of rotatable bonds is 0. The van der Waals surface area contributed by atoms with E-state index >= 15 is 0 Å². The van der Waals surface area contributed by atoms with Gasteiger partial charge in [-0.1, -0.05) is 11.6 Å². The van der Waals surface area contributed by atoms with E-state index in [0.717, 1.165) is 23.8 Å². The van der Waals surface area contributed by atoms with Crippen LogP contribution in [0.25, 0.3) is 0 Å². The first-order valence-electron chi connectivity index (χ1n) is 4.93. The summed E-state index contributed by atoms with van der Waals surface area (Å²) in [6.07, 6.45) is 1.17. The molecule has 76 valence electrons. The van der Waals surface area contributed by atoms with E-state index in [1.807, 2.05) is 12.1 Å². The highest BCUT2D eigenvalue weighted by Crippen LogP contribution is 2.33. The van der Waals surface area contributed by atoms with Crippen LogP contribution in [0.2, 0.25) is 5.02 Å². The van der Waals surface area contributed by atoms with Crippen LogP contribution in [0.3, 0.4) is 0 Å². The first-order chi connectivity index (χ1) is 6.68. The highest BCUT2D eigenvalue weighted by Gasteiger charge is 2.14. The van der Waals surface area contributed by atoms with Crippen molar-refractivity contribution in [2.24, 2.45) is 0 Å². The Morgan fingerprint density at radius 2 is 2.21 bits per heavy atom. The van der Waals surface area contributed by atoms with Gasteiger partial charge in [0.15, 0.2) is 0 Å². The van der Waals surface area contributed by atoms with Crippen molar-refractivity contribution in [2.45, 2.75) is 13.3 Å². The van der Waals surface area contributed by atoms with E-state index in [0.29, 0.717) is 0 Å². The van der Waals surface area contributed by atoms with E-state index in [1.54, 1.807) is 0 Å². The fourth-order valence-corrected chi connectivity index (χ4v) is 2.30. The van der Waals surface area contributed by atoms with Gasteiger partial charge in [-0.3, -0.25) is 0 Å². The number of benzene rings is 1. The Labute approximate surface area is 89.9 Å². The Morgan fingerprint density at radius 3 is 3.00 bits per heavy atom. The third-order valence-electron chi connectivity index (χ3n) is 2.63. The molecule has 2 rings (SSSR count). The molecule has 1 aromatic carbocycles. The lowest BCUT2D eigenvalue weighted by Gasteiger charge is -2.21. The van der Waals surface area contributed by atoms with Gasteiger partial charge in [0.1, 0.15) is 0 Å². The number of hydrogen-bond acceptors (Lipinski definition) is 2. The summed E-state index contributed by atoms with van der Waals surface area (Å²) in [5, 5.41) is 4.22. The van der Waals surface area contributed by atoms with Crippen LogP contribution in [0, 0.1) is 6.92 Å². The van der Waals surface area contributed by atoms with Crippen molar-refractivity contribution in [3.05, 3.63) is 22.7 Å². The van der Waals surface area contributed by atoms with Crippen molar-refractivity contribution in [1.82, 2.24) is 0 Å². The van der Waals surface area contributed by atoms with Crippen molar-refractivity contribution in [3.63, 3.8) is 0 Å². The second kappa shape index (κ2) is 3.70. The van der Waals surface area contributed by atoms with E-state index in [9.17, 15) is 0 Å². The first-order valence-corrected chi connectivity index (χ1v) is 5.31. The summed E-state index contributed by atoms with van der Waals surface area (Å²) in [6.45, 7) is 4.23. The van der Waals surface area contributed by atoms with Gasteiger partial charge < -0.3 is 10.2 Å². The van der Waals surface area contributed by atoms with Gasteiger partial charge in [-0.15, -0.1) is 0 Å². The van der Waals surface area contributed by atoms with E-state index < -0.39 is 0 Å². The molecule has 0 saturated carbocycles. The van der Waals surface area contributed by atoms with E-state index in [-0.39, 0.29) is 0 Å². The maximum absolute atomic E-state index is 6.02. The molecule has 1 aromatic rings. The maximum Gasteiger partial charge on any atom is 0.0630 e. The number of fused-ring (bicyclic) bond motifs is 1. The fourth-order valence-electron chi connectivity index (χ4n) is 2.03. The SMILES string of the molecule is Cc1cc(Cl)cc2c1N(C)CCCN2. The van der Waals surface area contributed by atoms with Crippen molar-refractivity contribution in [1.29, 1.82) is 0 Å². The highest BCUT2D eigenvalue weighted by atomic mass is 35.5. The molecule has 0 atom stereocenters. The summed E-state index contributed by atoms with van der Waals surface area (Å²) in [4.78, 5) is 2.29. The van der Waals surface area contributed by atoms with Gasteiger partial charge in [-0.05, 0) is 31.0 Å². The van der Waals surface area contributed by atoms with E-state index in [2.05, 4.69) is 24.2 Å². The van der Waals surface area contributed by atoms with Crippen LogP contribution >= 0.6 is 11.6 Å². The van der Waals surface area contributed by atoms with E-state index in [4.69, 9.17) is 11.6 Å². The molecule has 0 saturated heterocycles. The number of aryl methyl sites for hydroxylation is 1. The lowest BCUT2D eigenvalue weighted by Crippen LogP contribution is -2.18. The second-order valence-corrected chi connectivity index (χ2v) is 4.26. The van der Waals surface area contributed by atoms with Crippen LogP contribution in [0.4, 0.5) is 11.4 Å². The minimum atomic E-state index is 0.809. The lowest BCUT2D eigenvalue weighted by molar-refractivity contribution is 0.835. The molecule has 0 spiro atoms. The normalized spacial score (nSPS) is 15.8. The van der Waals surface area contributed by atoms with Crippen LogP contribution < -0.4 is 10.2 Å². The van der Waals surface area contributed by atoms with Gasteiger partial charge in [0.2, 0.25) is 0 Å². The quantitative estimate of drug-likeness (QED) is 0.709. The zero-order chi connectivity index (χ0) is 10.1. The second-order valence-electron chi connectivity index (χ2n) is 3.82. The highest BCUT2D eigenvalue weighted by molar-refractivity contribution is 6.31. The van der Waals surface area contributed by atoms with Crippen molar-refractivity contribution >= 4 is 23.0 Å². The summed E-state index contributed by atoms with van der Waals surface area (Å²) in [7, 11) is 2.13. The minimum absolute atomic E-state index is 0.809. The van der Waals surface area contributed by atoms with Crippen molar-refractivity contribution < 1.29 is 0 Å². The molecule has 0 bridgehead atoms. The number of nitrogens with one attached hydrogen (secondary N) is 1. The Bertz CT molecular complexity index is 349. The molecule has 1 heterocycles. The van der Waals surface area contributed by atoms with Crippen LogP contribution in [0.1, 0.15) is 12.0 Å². The average Bonchev–Trinajstić information content (AvgIpc) is 2.27. The molecular weight excluding hydrogens is 196 g/mol. The Balaban J connectivity index is 2.53. The standard InChI is InChI=1S/C11H15ClN2/c1-8-6-9(12)7-10-11(8)14(2)5-3-4-13-10/h6-7,13H,3-5H2,1-2H3. The first kappa shape index (κ1) is 9.66. The molecule has 1 aliphatic heterocycles. The van der Waals surface area contributed by atoms with Gasteiger partial charge >= 0.3 is 0 Å². The molecule has 0 aromatic heterocycles. The summed E-state index contributed by atoms with van der Waals surface area (Å²) < 4.78 is 0. The molecule has 0 unspecified atom stereocenters. The summed E-state index contributed by atoms with van der Waals surface area (Å²) in [5.41, 5.74) is 3.69. The average molecular weight is 211 g/mol. The monoisotopic (exact) mass is 210 g/mol. The molecule has 0 aliphatic carbocycles. The van der Waals surface area contributed by atoms with Gasteiger partial charge in [0.05, 0.1) is 11.4 Å². The maximum atomic E-state index is 6.02. The molecule has 0 fully saturated rings. The summed E-state index contributed by atoms with van der Waals surface area (Å²) in [5.74, 6) is 0. The van der Waals surface area contributed by atoms with Crippen molar-refractivity contribution in [3.8, 4) is 0 Å². The predicted molar refractivity (Wildman–Crippen MR) is 62.6 cm³/mol. The van der Waals surface area contributed by atoms with Crippen molar-refractivity contribution in [2.75, 3.05) is 30.4 Å². The third kappa shape index (κ3) is 1.67. The lowest BCUT2D eigenvalue weighted by atomic mass is 10.1. The summed E-state index contributed by atoms with van der Waals surface area (Å²) in [6, 6.07) is 4.02. The topological polar surface area (TPSA) is 15.3 Å². The Hall–Kier alpha value is -0.890. The molecule has 0 amide bonds. The minimum Gasteiger partial charge on any atom is -0.383 e. The zero-order valence-corrected chi connectivity index (χ0v) is 9.36. The van der Waals surface area contributed by atoms with Gasteiger partial charge in [0, 0.05) is 25.2 Å². The van der Waals surface area contributed by atoms with Crippen LogP contribution in [-0.2, 0) is 0 Å². The van der Waals surface area contributed by atoms with E-state index in [1.165, 1.54) is 17.7 Å². The molecule has 1 aliphatic rings. The molecule has 14 heavy (non-hydrogen) atoms. The largest absolute Gasteiger partial charge is 0.383 e. The predicted octanol–water partition coefficient (Wildman–Crippen LogP) is 2.90. The molecule has 0 radical (unpaired) electrons. The smallest absolute Gasteiger partial charge is 0.0630 e. The fraction of sp³-hybridized carbons (Fsp3) is 0.455. The number of hydrogen-bond donors (Lipinski definition) is 1. The number of halogens is 1. The molecule has 3 heteroatoms.